The van der Waals surface area contributed by atoms with Gasteiger partial charge in [-0.25, -0.2) is 0 Å². The fraction of sp³-hybridized carbons (Fsp3) is 0.278. The van der Waals surface area contributed by atoms with Crippen LogP contribution in [0, 0.1) is 5.92 Å². The Morgan fingerprint density at radius 3 is 2.84 bits per heavy atom. The minimum absolute atomic E-state index is 0.0290. The number of carbonyl (C=O) groups is 3. The summed E-state index contributed by atoms with van der Waals surface area (Å²) in [5.41, 5.74) is 1.29. The van der Waals surface area contributed by atoms with E-state index in [1.54, 1.807) is 41.5 Å². The van der Waals surface area contributed by atoms with Crippen molar-refractivity contribution in [3.63, 3.8) is 0 Å². The molecule has 3 amide bonds. The highest BCUT2D eigenvalue weighted by atomic mass is 16.3. The standard InChI is InChI=1S/C18H17N3O4/c22-16-11-21(15-6-2-1-5-14(15)19-16)18(24)12-8-17(23)20(9-12)10-13-4-3-7-25-13/h1-7,12H,8-11H2,(H,19,22). The van der Waals surface area contributed by atoms with Gasteiger partial charge in [0, 0.05) is 13.0 Å². The molecule has 128 valence electrons. The van der Waals surface area contributed by atoms with Gasteiger partial charge in [0.2, 0.25) is 17.7 Å². The van der Waals surface area contributed by atoms with E-state index in [-0.39, 0.29) is 30.7 Å². The molecule has 2 aliphatic rings. The van der Waals surface area contributed by atoms with Crippen LogP contribution in [-0.2, 0) is 20.9 Å². The highest BCUT2D eigenvalue weighted by molar-refractivity contribution is 6.11. The van der Waals surface area contributed by atoms with Gasteiger partial charge in [-0.05, 0) is 24.3 Å². The van der Waals surface area contributed by atoms with Crippen molar-refractivity contribution < 1.29 is 18.8 Å². The van der Waals surface area contributed by atoms with Crippen LogP contribution in [0.3, 0.4) is 0 Å². The van der Waals surface area contributed by atoms with E-state index in [0.29, 0.717) is 30.2 Å². The molecular weight excluding hydrogens is 322 g/mol. The van der Waals surface area contributed by atoms with Crippen LogP contribution >= 0.6 is 0 Å². The summed E-state index contributed by atoms with van der Waals surface area (Å²) in [6, 6.07) is 10.7. The fourth-order valence-corrected chi connectivity index (χ4v) is 3.33. The Hall–Kier alpha value is -3.09. The van der Waals surface area contributed by atoms with Crippen LogP contribution in [0.4, 0.5) is 11.4 Å². The molecule has 0 saturated carbocycles. The molecule has 2 aliphatic heterocycles. The molecule has 0 bridgehead atoms. The maximum absolute atomic E-state index is 12.9. The van der Waals surface area contributed by atoms with Gasteiger partial charge in [-0.3, -0.25) is 14.4 Å². The molecule has 0 spiro atoms. The number of anilines is 2. The number of furan rings is 1. The summed E-state index contributed by atoms with van der Waals surface area (Å²) in [6.45, 7) is 0.657. The molecule has 1 atom stereocenters. The van der Waals surface area contributed by atoms with E-state index in [4.69, 9.17) is 4.42 Å². The lowest BCUT2D eigenvalue weighted by molar-refractivity contribution is -0.129. The Kier molecular flexibility index (Phi) is 3.76. The van der Waals surface area contributed by atoms with Gasteiger partial charge in [0.1, 0.15) is 12.3 Å². The average Bonchev–Trinajstić information content (AvgIpc) is 3.24. The van der Waals surface area contributed by atoms with Crippen LogP contribution in [0.25, 0.3) is 0 Å². The second-order valence-corrected chi connectivity index (χ2v) is 6.24. The van der Waals surface area contributed by atoms with Gasteiger partial charge >= 0.3 is 0 Å². The van der Waals surface area contributed by atoms with Crippen molar-refractivity contribution in [3.05, 3.63) is 48.4 Å². The molecule has 1 saturated heterocycles. The highest BCUT2D eigenvalue weighted by Crippen LogP contribution is 2.32. The number of nitrogens with zero attached hydrogens (tertiary/aromatic N) is 2. The summed E-state index contributed by atoms with van der Waals surface area (Å²) in [5.74, 6) is -0.281. The van der Waals surface area contributed by atoms with Crippen LogP contribution in [-0.4, -0.2) is 35.7 Å². The molecule has 0 aliphatic carbocycles. The quantitative estimate of drug-likeness (QED) is 0.921. The molecule has 2 aromatic rings. The largest absolute Gasteiger partial charge is 0.467 e. The van der Waals surface area contributed by atoms with Gasteiger partial charge in [0.05, 0.1) is 30.1 Å². The Bertz CT molecular complexity index is 831. The molecule has 7 heteroatoms. The molecule has 4 rings (SSSR count). The Labute approximate surface area is 144 Å². The van der Waals surface area contributed by atoms with Gasteiger partial charge in [0.15, 0.2) is 0 Å². The molecule has 7 nitrogen and oxygen atoms in total. The molecule has 1 aromatic heterocycles. The Balaban J connectivity index is 1.52. The lowest BCUT2D eigenvalue weighted by Crippen LogP contribution is -2.45. The SMILES string of the molecule is O=C1CN(C(=O)C2CC(=O)N(Cc3ccco3)C2)c2ccccc2N1. The van der Waals surface area contributed by atoms with Crippen molar-refractivity contribution in [2.75, 3.05) is 23.3 Å². The summed E-state index contributed by atoms with van der Waals surface area (Å²) < 4.78 is 5.27. The summed E-state index contributed by atoms with van der Waals surface area (Å²) in [5, 5.41) is 2.76. The maximum atomic E-state index is 12.9. The molecule has 1 fully saturated rings. The number of fused-ring (bicyclic) bond motifs is 1. The number of nitrogens with one attached hydrogen (secondary N) is 1. The number of hydrogen-bond donors (Lipinski definition) is 1. The van der Waals surface area contributed by atoms with Gasteiger partial charge in [0.25, 0.3) is 0 Å². The van der Waals surface area contributed by atoms with Crippen molar-refractivity contribution in [1.29, 1.82) is 0 Å². The molecular formula is C18H17N3O4. The van der Waals surface area contributed by atoms with E-state index in [1.807, 2.05) is 6.07 Å². The monoisotopic (exact) mass is 339 g/mol. The molecule has 1 N–H and O–H groups in total. The first kappa shape index (κ1) is 15.4. The third kappa shape index (κ3) is 2.88. The lowest BCUT2D eigenvalue weighted by Gasteiger charge is -2.30. The first-order chi connectivity index (χ1) is 12.1. The number of likely N-dealkylation sites (tertiary alicyclic amines) is 1. The zero-order valence-electron chi connectivity index (χ0n) is 13.5. The fourth-order valence-electron chi connectivity index (χ4n) is 3.33. The predicted molar refractivity (Wildman–Crippen MR) is 89.7 cm³/mol. The first-order valence-corrected chi connectivity index (χ1v) is 8.12. The minimum atomic E-state index is -0.457. The molecule has 0 radical (unpaired) electrons. The maximum Gasteiger partial charge on any atom is 0.244 e. The predicted octanol–water partition coefficient (Wildman–Crippen LogP) is 1.61. The molecule has 25 heavy (non-hydrogen) atoms. The summed E-state index contributed by atoms with van der Waals surface area (Å²) >= 11 is 0. The van der Waals surface area contributed by atoms with E-state index in [0.717, 1.165) is 0 Å². The lowest BCUT2D eigenvalue weighted by atomic mass is 10.1. The molecule has 3 heterocycles. The van der Waals surface area contributed by atoms with Gasteiger partial charge < -0.3 is 19.5 Å². The van der Waals surface area contributed by atoms with E-state index in [1.165, 1.54) is 4.90 Å². The second kappa shape index (κ2) is 6.08. The zero-order chi connectivity index (χ0) is 17.4. The van der Waals surface area contributed by atoms with Gasteiger partial charge in [-0.1, -0.05) is 12.1 Å². The third-order valence-corrected chi connectivity index (χ3v) is 4.53. The van der Waals surface area contributed by atoms with Crippen LogP contribution < -0.4 is 10.2 Å². The normalized spacial score (nSPS) is 19.8. The van der Waals surface area contributed by atoms with Crippen molar-refractivity contribution in [2.45, 2.75) is 13.0 Å². The zero-order valence-corrected chi connectivity index (χ0v) is 13.5. The van der Waals surface area contributed by atoms with Crippen molar-refractivity contribution >= 4 is 29.1 Å². The Morgan fingerprint density at radius 2 is 2.04 bits per heavy atom. The first-order valence-electron chi connectivity index (χ1n) is 8.12. The number of rotatable bonds is 3. The van der Waals surface area contributed by atoms with E-state index < -0.39 is 5.92 Å². The van der Waals surface area contributed by atoms with Crippen molar-refractivity contribution in [1.82, 2.24) is 4.90 Å². The number of carbonyl (C=O) groups excluding carboxylic acids is 3. The number of para-hydroxylation sites is 2. The average molecular weight is 339 g/mol. The number of amides is 3. The van der Waals surface area contributed by atoms with Crippen LogP contribution in [0.1, 0.15) is 12.2 Å². The molecule has 1 unspecified atom stereocenters. The van der Waals surface area contributed by atoms with Gasteiger partial charge in [-0.15, -0.1) is 0 Å². The molecule has 1 aromatic carbocycles. The third-order valence-electron chi connectivity index (χ3n) is 4.53. The van der Waals surface area contributed by atoms with Crippen molar-refractivity contribution in [2.24, 2.45) is 5.92 Å². The summed E-state index contributed by atoms with van der Waals surface area (Å²) in [7, 11) is 0. The van der Waals surface area contributed by atoms with E-state index in [9.17, 15) is 14.4 Å². The van der Waals surface area contributed by atoms with Crippen LogP contribution in [0.15, 0.2) is 47.1 Å². The number of benzene rings is 1. The van der Waals surface area contributed by atoms with Gasteiger partial charge in [-0.2, -0.15) is 0 Å². The Morgan fingerprint density at radius 1 is 1.20 bits per heavy atom. The van der Waals surface area contributed by atoms with Crippen molar-refractivity contribution in [3.8, 4) is 0 Å². The van der Waals surface area contributed by atoms with E-state index >= 15 is 0 Å². The number of hydrogen-bond acceptors (Lipinski definition) is 4. The van der Waals surface area contributed by atoms with Crippen LogP contribution in [0.2, 0.25) is 0 Å². The topological polar surface area (TPSA) is 82.9 Å². The second-order valence-electron chi connectivity index (χ2n) is 6.24. The minimum Gasteiger partial charge on any atom is -0.467 e. The summed E-state index contributed by atoms with van der Waals surface area (Å²) in [4.78, 5) is 40.2. The van der Waals surface area contributed by atoms with Crippen LogP contribution in [0.5, 0.6) is 0 Å². The smallest absolute Gasteiger partial charge is 0.244 e. The van der Waals surface area contributed by atoms with E-state index in [2.05, 4.69) is 5.32 Å². The summed E-state index contributed by atoms with van der Waals surface area (Å²) in [6.07, 6.45) is 1.71. The highest BCUT2D eigenvalue weighted by Gasteiger charge is 2.39.